The van der Waals surface area contributed by atoms with E-state index in [0.29, 0.717) is 5.56 Å². The number of rotatable bonds is 3. The van der Waals surface area contributed by atoms with E-state index in [1.165, 1.54) is 0 Å². The predicted molar refractivity (Wildman–Crippen MR) is 56.3 cm³/mol. The Kier molecular flexibility index (Phi) is 3.69. The van der Waals surface area contributed by atoms with Crippen molar-refractivity contribution in [1.29, 1.82) is 0 Å². The van der Waals surface area contributed by atoms with E-state index < -0.39 is 0 Å². The van der Waals surface area contributed by atoms with Crippen LogP contribution in [0.25, 0.3) is 0 Å². The van der Waals surface area contributed by atoms with Crippen LogP contribution in [0.1, 0.15) is 36.2 Å². The van der Waals surface area contributed by atoms with Crippen molar-refractivity contribution in [2.75, 3.05) is 0 Å². The van der Waals surface area contributed by atoms with Crippen LogP contribution in [0.4, 0.5) is 0 Å². The largest absolute Gasteiger partial charge is 0.459 e. The van der Waals surface area contributed by atoms with E-state index in [9.17, 15) is 4.79 Å². The van der Waals surface area contributed by atoms with Gasteiger partial charge in [-0.15, -0.1) is 0 Å². The van der Waals surface area contributed by atoms with E-state index in [4.69, 9.17) is 4.74 Å². The van der Waals surface area contributed by atoms with Crippen molar-refractivity contribution in [2.24, 2.45) is 0 Å². The molecule has 0 radical (unpaired) electrons. The van der Waals surface area contributed by atoms with E-state index >= 15 is 0 Å². The molecule has 2 heteroatoms. The minimum absolute atomic E-state index is 0.0111. The van der Waals surface area contributed by atoms with Crippen LogP contribution < -0.4 is 0 Å². The Balaban J connectivity index is 2.70. The summed E-state index contributed by atoms with van der Waals surface area (Å²) >= 11 is 0. The molecule has 1 atom stereocenters. The Morgan fingerprint density at radius 3 is 2.79 bits per heavy atom. The summed E-state index contributed by atoms with van der Waals surface area (Å²) in [6.45, 7) is 5.85. The molecule has 0 amide bonds. The summed E-state index contributed by atoms with van der Waals surface area (Å²) in [5.74, 6) is -0.233. The summed E-state index contributed by atoms with van der Waals surface area (Å²) in [4.78, 5) is 11.5. The van der Waals surface area contributed by atoms with E-state index in [0.717, 1.165) is 12.0 Å². The molecule has 0 fully saturated rings. The molecule has 0 heterocycles. The van der Waals surface area contributed by atoms with E-state index in [1.807, 2.05) is 39.0 Å². The molecule has 0 aliphatic heterocycles. The number of benzene rings is 1. The lowest BCUT2D eigenvalue weighted by Crippen LogP contribution is -2.13. The van der Waals surface area contributed by atoms with Crippen molar-refractivity contribution in [3.05, 3.63) is 35.4 Å². The molecule has 1 rings (SSSR count). The van der Waals surface area contributed by atoms with Crippen LogP contribution in [-0.2, 0) is 4.74 Å². The third-order valence-corrected chi connectivity index (χ3v) is 2.14. The molecule has 0 aliphatic carbocycles. The molecule has 14 heavy (non-hydrogen) atoms. The number of carbonyl (C=O) groups excluding carboxylic acids is 1. The highest BCUT2D eigenvalue weighted by atomic mass is 16.5. The molecule has 0 spiro atoms. The van der Waals surface area contributed by atoms with Gasteiger partial charge in [0.2, 0.25) is 0 Å². The second-order valence-electron chi connectivity index (χ2n) is 3.49. The van der Waals surface area contributed by atoms with Crippen LogP contribution in [0.3, 0.4) is 0 Å². The van der Waals surface area contributed by atoms with Gasteiger partial charge in [0.15, 0.2) is 0 Å². The van der Waals surface area contributed by atoms with Gasteiger partial charge in [-0.3, -0.25) is 0 Å². The SMILES string of the molecule is CC[C@@H](C)OC(=O)c1cccc(C)c1. The highest BCUT2D eigenvalue weighted by Crippen LogP contribution is 2.08. The quantitative estimate of drug-likeness (QED) is 0.688. The fourth-order valence-corrected chi connectivity index (χ4v) is 1.11. The number of aryl methyl sites for hydroxylation is 1. The number of esters is 1. The summed E-state index contributed by atoms with van der Waals surface area (Å²) in [5, 5.41) is 0. The smallest absolute Gasteiger partial charge is 0.338 e. The average Bonchev–Trinajstić information content (AvgIpc) is 2.17. The van der Waals surface area contributed by atoms with Gasteiger partial charge in [0.25, 0.3) is 0 Å². The molecule has 0 aliphatic rings. The molecule has 0 saturated heterocycles. The zero-order valence-corrected chi connectivity index (χ0v) is 8.91. The molecular formula is C12H16O2. The van der Waals surface area contributed by atoms with Crippen LogP contribution in [-0.4, -0.2) is 12.1 Å². The maximum atomic E-state index is 11.5. The molecule has 1 aromatic rings. The highest BCUT2D eigenvalue weighted by Gasteiger charge is 2.09. The van der Waals surface area contributed by atoms with Crippen molar-refractivity contribution < 1.29 is 9.53 Å². The minimum Gasteiger partial charge on any atom is -0.459 e. The Morgan fingerprint density at radius 1 is 1.50 bits per heavy atom. The number of hydrogen-bond donors (Lipinski definition) is 0. The van der Waals surface area contributed by atoms with Crippen LogP contribution >= 0.6 is 0 Å². The molecule has 0 saturated carbocycles. The van der Waals surface area contributed by atoms with Gasteiger partial charge in [-0.25, -0.2) is 4.79 Å². The minimum atomic E-state index is -0.233. The van der Waals surface area contributed by atoms with Gasteiger partial charge in [-0.2, -0.15) is 0 Å². The van der Waals surface area contributed by atoms with Crippen molar-refractivity contribution in [2.45, 2.75) is 33.3 Å². The van der Waals surface area contributed by atoms with E-state index in [-0.39, 0.29) is 12.1 Å². The Labute approximate surface area is 84.9 Å². The van der Waals surface area contributed by atoms with Gasteiger partial charge in [0, 0.05) is 0 Å². The van der Waals surface area contributed by atoms with Crippen LogP contribution in [0.2, 0.25) is 0 Å². The standard InChI is InChI=1S/C12H16O2/c1-4-10(3)14-12(13)11-7-5-6-9(2)8-11/h5-8,10H,4H2,1-3H3/t10-/m1/s1. The highest BCUT2D eigenvalue weighted by molar-refractivity contribution is 5.89. The number of ether oxygens (including phenoxy) is 1. The van der Waals surface area contributed by atoms with Crippen LogP contribution in [0.5, 0.6) is 0 Å². The van der Waals surface area contributed by atoms with Gasteiger partial charge in [-0.05, 0) is 32.4 Å². The molecule has 1 aromatic carbocycles. The molecule has 0 unspecified atom stereocenters. The lowest BCUT2D eigenvalue weighted by molar-refractivity contribution is 0.0334. The molecule has 0 N–H and O–H groups in total. The summed E-state index contributed by atoms with van der Waals surface area (Å²) in [6.07, 6.45) is 0.834. The van der Waals surface area contributed by atoms with Crippen LogP contribution in [0, 0.1) is 6.92 Å². The van der Waals surface area contributed by atoms with Crippen LogP contribution in [0.15, 0.2) is 24.3 Å². The zero-order chi connectivity index (χ0) is 10.6. The van der Waals surface area contributed by atoms with Gasteiger partial charge in [0.05, 0.1) is 11.7 Å². The fraction of sp³-hybridized carbons (Fsp3) is 0.417. The predicted octanol–water partition coefficient (Wildman–Crippen LogP) is 2.95. The number of carbonyl (C=O) groups is 1. The Bertz CT molecular complexity index is 318. The molecule has 2 nitrogen and oxygen atoms in total. The first-order valence-electron chi connectivity index (χ1n) is 4.91. The molecular weight excluding hydrogens is 176 g/mol. The molecule has 0 aromatic heterocycles. The van der Waals surface area contributed by atoms with Gasteiger partial charge < -0.3 is 4.74 Å². The van der Waals surface area contributed by atoms with Gasteiger partial charge in [0.1, 0.15) is 0 Å². The zero-order valence-electron chi connectivity index (χ0n) is 8.91. The number of hydrogen-bond acceptors (Lipinski definition) is 2. The van der Waals surface area contributed by atoms with Crippen molar-refractivity contribution in [3.8, 4) is 0 Å². The molecule has 76 valence electrons. The topological polar surface area (TPSA) is 26.3 Å². The second kappa shape index (κ2) is 4.80. The fourth-order valence-electron chi connectivity index (χ4n) is 1.11. The third-order valence-electron chi connectivity index (χ3n) is 2.14. The summed E-state index contributed by atoms with van der Waals surface area (Å²) in [6, 6.07) is 7.44. The Hall–Kier alpha value is -1.31. The lowest BCUT2D eigenvalue weighted by Gasteiger charge is -2.10. The lowest BCUT2D eigenvalue weighted by atomic mass is 10.1. The van der Waals surface area contributed by atoms with Gasteiger partial charge >= 0.3 is 5.97 Å². The summed E-state index contributed by atoms with van der Waals surface area (Å²) in [7, 11) is 0. The first-order chi connectivity index (χ1) is 6.63. The third kappa shape index (κ3) is 2.87. The monoisotopic (exact) mass is 192 g/mol. The van der Waals surface area contributed by atoms with E-state index in [1.54, 1.807) is 6.07 Å². The summed E-state index contributed by atoms with van der Waals surface area (Å²) in [5.41, 5.74) is 1.70. The normalized spacial score (nSPS) is 12.2. The van der Waals surface area contributed by atoms with Crippen molar-refractivity contribution >= 4 is 5.97 Å². The first-order valence-corrected chi connectivity index (χ1v) is 4.91. The average molecular weight is 192 g/mol. The van der Waals surface area contributed by atoms with Crippen molar-refractivity contribution in [1.82, 2.24) is 0 Å². The molecule has 0 bridgehead atoms. The second-order valence-corrected chi connectivity index (χ2v) is 3.49. The Morgan fingerprint density at radius 2 is 2.21 bits per heavy atom. The van der Waals surface area contributed by atoms with Gasteiger partial charge in [-0.1, -0.05) is 24.6 Å². The first kappa shape index (κ1) is 10.8. The van der Waals surface area contributed by atoms with E-state index in [2.05, 4.69) is 0 Å². The maximum Gasteiger partial charge on any atom is 0.338 e. The maximum absolute atomic E-state index is 11.5. The summed E-state index contributed by atoms with van der Waals surface area (Å²) < 4.78 is 5.20. The van der Waals surface area contributed by atoms with Crippen molar-refractivity contribution in [3.63, 3.8) is 0 Å².